The molecule has 0 radical (unpaired) electrons. The first-order valence-electron chi connectivity index (χ1n) is 2.89. The molecule has 62 valence electrons. The fourth-order valence-electron chi connectivity index (χ4n) is 0.472. The fraction of sp³-hybridized carbons (Fsp3) is 1.00. The SMILES string of the molecule is OC[C@@H](O)[C@@H](O)[C@@H](S)CO. The Balaban J connectivity index is 3.69. The molecule has 4 nitrogen and oxygen atoms in total. The molecular weight excluding hydrogens is 156 g/mol. The van der Waals surface area contributed by atoms with Gasteiger partial charge in [0, 0.05) is 0 Å². The molecule has 0 spiro atoms. The lowest BCUT2D eigenvalue weighted by atomic mass is 10.1. The van der Waals surface area contributed by atoms with Crippen LogP contribution in [0.1, 0.15) is 0 Å². The van der Waals surface area contributed by atoms with Gasteiger partial charge >= 0.3 is 0 Å². The molecule has 0 aromatic carbocycles. The van der Waals surface area contributed by atoms with Crippen molar-refractivity contribution in [3.05, 3.63) is 0 Å². The molecule has 0 saturated heterocycles. The minimum atomic E-state index is -1.23. The topological polar surface area (TPSA) is 80.9 Å². The maximum absolute atomic E-state index is 8.94. The van der Waals surface area contributed by atoms with Gasteiger partial charge < -0.3 is 20.4 Å². The Hall–Kier alpha value is 0.190. The Morgan fingerprint density at radius 2 is 1.60 bits per heavy atom. The van der Waals surface area contributed by atoms with Crippen LogP contribution in [-0.4, -0.2) is 51.1 Å². The van der Waals surface area contributed by atoms with E-state index in [1.165, 1.54) is 0 Å². The zero-order valence-electron chi connectivity index (χ0n) is 5.38. The van der Waals surface area contributed by atoms with Gasteiger partial charge in [-0.3, -0.25) is 0 Å². The van der Waals surface area contributed by atoms with Crippen LogP contribution >= 0.6 is 12.6 Å². The molecule has 0 aromatic heterocycles. The van der Waals surface area contributed by atoms with Crippen molar-refractivity contribution in [1.82, 2.24) is 0 Å². The van der Waals surface area contributed by atoms with E-state index in [-0.39, 0.29) is 6.61 Å². The van der Waals surface area contributed by atoms with E-state index in [9.17, 15) is 0 Å². The molecule has 0 rings (SSSR count). The molecule has 0 aliphatic heterocycles. The minimum absolute atomic E-state index is 0.332. The average Bonchev–Trinajstić information content (AvgIpc) is 2.00. The second-order valence-electron chi connectivity index (χ2n) is 1.99. The quantitative estimate of drug-likeness (QED) is 0.314. The average molecular weight is 168 g/mol. The Morgan fingerprint density at radius 3 is 1.90 bits per heavy atom. The molecule has 4 N–H and O–H groups in total. The number of hydrogen-bond acceptors (Lipinski definition) is 5. The standard InChI is InChI=1S/C5H12O4S/c6-1-3(8)5(9)4(10)2-7/h3-10H,1-2H2/t3-,4+,5-/m1/s1. The highest BCUT2D eigenvalue weighted by Crippen LogP contribution is 2.04. The number of hydrogen-bond donors (Lipinski definition) is 5. The smallest absolute Gasteiger partial charge is 0.104 e. The van der Waals surface area contributed by atoms with Gasteiger partial charge in [-0.2, -0.15) is 12.6 Å². The first-order valence-corrected chi connectivity index (χ1v) is 3.41. The number of thiol groups is 1. The Bertz CT molecular complexity index is 79.7. The third-order valence-electron chi connectivity index (χ3n) is 1.16. The first kappa shape index (κ1) is 10.2. The van der Waals surface area contributed by atoms with Crippen molar-refractivity contribution in [2.24, 2.45) is 0 Å². The molecule has 10 heavy (non-hydrogen) atoms. The highest BCUT2D eigenvalue weighted by molar-refractivity contribution is 7.81. The van der Waals surface area contributed by atoms with E-state index < -0.39 is 24.1 Å². The van der Waals surface area contributed by atoms with Gasteiger partial charge in [0.05, 0.1) is 24.6 Å². The summed E-state index contributed by atoms with van der Waals surface area (Å²) in [6.45, 7) is -0.862. The summed E-state index contributed by atoms with van der Waals surface area (Å²) in [7, 11) is 0. The Kier molecular flexibility index (Phi) is 5.02. The van der Waals surface area contributed by atoms with Gasteiger partial charge in [0.25, 0.3) is 0 Å². The van der Waals surface area contributed by atoms with Gasteiger partial charge in [-0.05, 0) is 0 Å². The van der Waals surface area contributed by atoms with Crippen molar-refractivity contribution in [3.63, 3.8) is 0 Å². The summed E-state index contributed by atoms with van der Waals surface area (Å²) < 4.78 is 0. The van der Waals surface area contributed by atoms with Crippen molar-refractivity contribution in [1.29, 1.82) is 0 Å². The van der Waals surface area contributed by atoms with Crippen molar-refractivity contribution >= 4 is 12.6 Å². The maximum Gasteiger partial charge on any atom is 0.104 e. The summed E-state index contributed by atoms with van der Waals surface area (Å²) in [5.74, 6) is 0. The summed E-state index contributed by atoms with van der Waals surface area (Å²) in [6, 6.07) is 0. The number of aliphatic hydroxyl groups is 4. The second kappa shape index (κ2) is 4.92. The maximum atomic E-state index is 8.94. The van der Waals surface area contributed by atoms with Gasteiger partial charge in [-0.1, -0.05) is 0 Å². The molecule has 0 heterocycles. The molecule has 0 bridgehead atoms. The van der Waals surface area contributed by atoms with Crippen LogP contribution in [0.25, 0.3) is 0 Å². The van der Waals surface area contributed by atoms with E-state index in [4.69, 9.17) is 20.4 Å². The molecule has 0 amide bonds. The van der Waals surface area contributed by atoms with Gasteiger partial charge in [0.2, 0.25) is 0 Å². The Morgan fingerprint density at radius 1 is 1.10 bits per heavy atom. The molecule has 3 atom stereocenters. The molecule has 0 aliphatic carbocycles. The van der Waals surface area contributed by atoms with Crippen LogP contribution < -0.4 is 0 Å². The van der Waals surface area contributed by atoms with Crippen LogP contribution in [0, 0.1) is 0 Å². The van der Waals surface area contributed by atoms with Crippen LogP contribution in [0.2, 0.25) is 0 Å². The molecule has 5 heteroatoms. The van der Waals surface area contributed by atoms with Crippen molar-refractivity contribution in [3.8, 4) is 0 Å². The normalized spacial score (nSPS) is 20.1. The molecule has 0 saturated carbocycles. The van der Waals surface area contributed by atoms with Crippen LogP contribution in [0.5, 0.6) is 0 Å². The van der Waals surface area contributed by atoms with E-state index in [0.717, 1.165) is 0 Å². The molecule has 0 fully saturated rings. The third kappa shape index (κ3) is 2.85. The molecule has 0 aliphatic rings. The summed E-state index contributed by atoms with van der Waals surface area (Å²) in [5, 5.41) is 33.7. The Labute approximate surface area is 64.5 Å². The van der Waals surface area contributed by atoms with E-state index in [0.29, 0.717) is 0 Å². The molecular formula is C5H12O4S. The van der Waals surface area contributed by atoms with Crippen molar-refractivity contribution in [2.45, 2.75) is 17.5 Å². The van der Waals surface area contributed by atoms with Crippen molar-refractivity contribution < 1.29 is 20.4 Å². The predicted molar refractivity (Wildman–Crippen MR) is 39.0 cm³/mol. The summed E-state index contributed by atoms with van der Waals surface area (Å²) in [5.41, 5.74) is 0. The highest BCUT2D eigenvalue weighted by atomic mass is 32.1. The second-order valence-corrected chi connectivity index (χ2v) is 2.65. The lowest BCUT2D eigenvalue weighted by molar-refractivity contribution is -0.0200. The zero-order chi connectivity index (χ0) is 8.15. The van der Waals surface area contributed by atoms with Gasteiger partial charge in [0.1, 0.15) is 6.10 Å². The van der Waals surface area contributed by atoms with Crippen molar-refractivity contribution in [2.75, 3.05) is 13.2 Å². The summed E-state index contributed by atoms with van der Waals surface area (Å²) in [6.07, 6.45) is -2.41. The van der Waals surface area contributed by atoms with Crippen LogP contribution in [0.3, 0.4) is 0 Å². The molecule has 0 aromatic rings. The lowest BCUT2D eigenvalue weighted by Gasteiger charge is -2.19. The van der Waals surface area contributed by atoms with E-state index >= 15 is 0 Å². The number of rotatable bonds is 4. The van der Waals surface area contributed by atoms with E-state index in [1.54, 1.807) is 0 Å². The van der Waals surface area contributed by atoms with Crippen LogP contribution in [0.4, 0.5) is 0 Å². The fourth-order valence-corrected chi connectivity index (χ4v) is 0.671. The van der Waals surface area contributed by atoms with Gasteiger partial charge in [-0.25, -0.2) is 0 Å². The number of aliphatic hydroxyl groups excluding tert-OH is 4. The van der Waals surface area contributed by atoms with Gasteiger partial charge in [0.15, 0.2) is 0 Å². The minimum Gasteiger partial charge on any atom is -0.395 e. The van der Waals surface area contributed by atoms with Crippen LogP contribution in [0.15, 0.2) is 0 Å². The first-order chi connectivity index (χ1) is 4.63. The van der Waals surface area contributed by atoms with Crippen LogP contribution in [-0.2, 0) is 0 Å². The summed E-state index contributed by atoms with van der Waals surface area (Å²) in [4.78, 5) is 0. The lowest BCUT2D eigenvalue weighted by Crippen LogP contribution is -2.38. The highest BCUT2D eigenvalue weighted by Gasteiger charge is 2.21. The molecule has 0 unspecified atom stereocenters. The monoisotopic (exact) mass is 168 g/mol. The zero-order valence-corrected chi connectivity index (χ0v) is 6.28. The third-order valence-corrected chi connectivity index (χ3v) is 1.63. The van der Waals surface area contributed by atoms with Gasteiger partial charge in [-0.15, -0.1) is 0 Å². The summed E-state index contributed by atoms with van der Waals surface area (Å²) >= 11 is 3.75. The van der Waals surface area contributed by atoms with E-state index in [2.05, 4.69) is 12.6 Å². The largest absolute Gasteiger partial charge is 0.395 e. The van der Waals surface area contributed by atoms with E-state index in [1.807, 2.05) is 0 Å². The predicted octanol–water partition coefficient (Wildman–Crippen LogP) is -2.01.